The van der Waals surface area contributed by atoms with Crippen molar-refractivity contribution in [3.05, 3.63) is 72.2 Å². The number of benzene rings is 2. The van der Waals surface area contributed by atoms with Gasteiger partial charge in [0.05, 0.1) is 7.11 Å². The van der Waals surface area contributed by atoms with Crippen molar-refractivity contribution in [3.63, 3.8) is 0 Å². The average molecular weight is 418 g/mol. The second-order valence-corrected chi connectivity index (χ2v) is 6.57. The molecule has 0 unspecified atom stereocenters. The van der Waals surface area contributed by atoms with E-state index >= 15 is 0 Å². The zero-order valence-corrected chi connectivity index (χ0v) is 17.4. The maximum Gasteiger partial charge on any atom is 0.308 e. The summed E-state index contributed by atoms with van der Waals surface area (Å²) in [6, 6.07) is 14.1. The Morgan fingerprint density at radius 3 is 2.39 bits per heavy atom. The standard InChI is InChI=1S/C23H22N4O4/c1-15-12-22(25-14-24-15)26-18-6-8-19(9-7-18)27-23(29)11-5-17-4-10-20(31-16(2)28)21(13-17)30-3/h4-14H,1-3H3,(H,27,29)(H,24,25,26)/b11-5+. The van der Waals surface area contributed by atoms with Gasteiger partial charge in [-0.25, -0.2) is 9.97 Å². The molecule has 31 heavy (non-hydrogen) atoms. The minimum Gasteiger partial charge on any atom is -0.493 e. The fraction of sp³-hybridized carbons (Fsp3) is 0.130. The van der Waals surface area contributed by atoms with Gasteiger partial charge in [0.2, 0.25) is 5.91 Å². The molecule has 0 spiro atoms. The van der Waals surface area contributed by atoms with E-state index in [1.165, 1.54) is 26.4 Å². The van der Waals surface area contributed by atoms with Crippen molar-refractivity contribution < 1.29 is 19.1 Å². The number of carbonyl (C=O) groups is 2. The van der Waals surface area contributed by atoms with Crippen LogP contribution in [0.5, 0.6) is 11.5 Å². The van der Waals surface area contributed by atoms with Crippen LogP contribution >= 0.6 is 0 Å². The SMILES string of the molecule is COc1cc(/C=C/C(=O)Nc2ccc(Nc3cc(C)ncn3)cc2)ccc1OC(C)=O. The minimum atomic E-state index is -0.436. The van der Waals surface area contributed by atoms with Gasteiger partial charge in [0.15, 0.2) is 11.5 Å². The van der Waals surface area contributed by atoms with Crippen LogP contribution < -0.4 is 20.1 Å². The Labute approximate surface area is 179 Å². The Bertz CT molecular complexity index is 1110. The molecule has 2 aromatic carbocycles. The molecule has 0 saturated carbocycles. The van der Waals surface area contributed by atoms with Crippen molar-refractivity contribution in [2.45, 2.75) is 13.8 Å². The number of hydrogen-bond donors (Lipinski definition) is 2. The highest BCUT2D eigenvalue weighted by molar-refractivity contribution is 6.02. The summed E-state index contributed by atoms with van der Waals surface area (Å²) in [4.78, 5) is 31.6. The van der Waals surface area contributed by atoms with Gasteiger partial charge in [0, 0.05) is 36.1 Å². The molecule has 8 heteroatoms. The summed E-state index contributed by atoms with van der Waals surface area (Å²) in [5, 5.41) is 5.98. The topological polar surface area (TPSA) is 102 Å². The second-order valence-electron chi connectivity index (χ2n) is 6.57. The smallest absolute Gasteiger partial charge is 0.308 e. The van der Waals surface area contributed by atoms with E-state index in [0.717, 1.165) is 16.9 Å². The van der Waals surface area contributed by atoms with Crippen molar-refractivity contribution in [3.8, 4) is 11.5 Å². The predicted octanol–water partition coefficient (Wildman–Crippen LogP) is 4.11. The van der Waals surface area contributed by atoms with Crippen molar-refractivity contribution in [1.29, 1.82) is 0 Å². The summed E-state index contributed by atoms with van der Waals surface area (Å²) in [6.45, 7) is 3.21. The molecule has 1 amide bonds. The summed E-state index contributed by atoms with van der Waals surface area (Å²) < 4.78 is 10.3. The maximum atomic E-state index is 12.2. The molecule has 8 nitrogen and oxygen atoms in total. The molecule has 1 aromatic heterocycles. The quantitative estimate of drug-likeness (QED) is 0.338. The lowest BCUT2D eigenvalue weighted by atomic mass is 10.2. The number of esters is 1. The van der Waals surface area contributed by atoms with Crippen molar-refractivity contribution in [1.82, 2.24) is 9.97 Å². The lowest BCUT2D eigenvalue weighted by Crippen LogP contribution is -2.07. The molecule has 3 rings (SSSR count). The monoisotopic (exact) mass is 418 g/mol. The number of ether oxygens (including phenoxy) is 2. The molecule has 0 radical (unpaired) electrons. The third-order valence-corrected chi connectivity index (χ3v) is 4.10. The predicted molar refractivity (Wildman–Crippen MR) is 118 cm³/mol. The van der Waals surface area contributed by atoms with E-state index in [4.69, 9.17) is 9.47 Å². The van der Waals surface area contributed by atoms with Gasteiger partial charge in [-0.05, 0) is 55.0 Å². The van der Waals surface area contributed by atoms with Gasteiger partial charge >= 0.3 is 5.97 Å². The van der Waals surface area contributed by atoms with Gasteiger partial charge in [-0.1, -0.05) is 6.07 Å². The first-order valence-corrected chi connectivity index (χ1v) is 9.44. The Morgan fingerprint density at radius 2 is 1.71 bits per heavy atom. The molecule has 0 fully saturated rings. The number of carbonyl (C=O) groups excluding carboxylic acids is 2. The highest BCUT2D eigenvalue weighted by Gasteiger charge is 2.07. The molecular weight excluding hydrogens is 396 g/mol. The van der Waals surface area contributed by atoms with E-state index in [9.17, 15) is 9.59 Å². The van der Waals surface area contributed by atoms with Gasteiger partial charge < -0.3 is 20.1 Å². The van der Waals surface area contributed by atoms with Crippen molar-refractivity contribution in [2.24, 2.45) is 0 Å². The number of anilines is 3. The third kappa shape index (κ3) is 6.40. The van der Waals surface area contributed by atoms with Gasteiger partial charge in [-0.2, -0.15) is 0 Å². The van der Waals surface area contributed by atoms with Crippen LogP contribution in [-0.2, 0) is 9.59 Å². The normalized spacial score (nSPS) is 10.5. The summed E-state index contributed by atoms with van der Waals surface area (Å²) in [5.41, 5.74) is 3.09. The third-order valence-electron chi connectivity index (χ3n) is 4.10. The molecular formula is C23H22N4O4. The fourth-order valence-electron chi connectivity index (χ4n) is 2.69. The van der Waals surface area contributed by atoms with Crippen LogP contribution in [0.4, 0.5) is 17.2 Å². The number of methoxy groups -OCH3 is 1. The molecule has 2 N–H and O–H groups in total. The summed E-state index contributed by atoms with van der Waals surface area (Å²) in [5.74, 6) is 0.703. The highest BCUT2D eigenvalue weighted by Crippen LogP contribution is 2.28. The zero-order valence-electron chi connectivity index (χ0n) is 17.4. The Kier molecular flexibility index (Phi) is 6.95. The lowest BCUT2D eigenvalue weighted by Gasteiger charge is -2.08. The average Bonchev–Trinajstić information content (AvgIpc) is 2.74. The number of aryl methyl sites for hydroxylation is 1. The highest BCUT2D eigenvalue weighted by atomic mass is 16.6. The van der Waals surface area contributed by atoms with E-state index in [2.05, 4.69) is 20.6 Å². The first-order chi connectivity index (χ1) is 14.9. The molecule has 1 heterocycles. The molecule has 0 saturated heterocycles. The second kappa shape index (κ2) is 10.0. The summed E-state index contributed by atoms with van der Waals surface area (Å²) >= 11 is 0. The van der Waals surface area contributed by atoms with Gasteiger partial charge in [0.1, 0.15) is 12.1 Å². The molecule has 158 valence electrons. The van der Waals surface area contributed by atoms with E-state index in [-0.39, 0.29) is 5.91 Å². The lowest BCUT2D eigenvalue weighted by molar-refractivity contribution is -0.132. The van der Waals surface area contributed by atoms with Gasteiger partial charge in [0.25, 0.3) is 0 Å². The molecule has 3 aromatic rings. The number of nitrogens with zero attached hydrogens (tertiary/aromatic N) is 2. The number of hydrogen-bond acceptors (Lipinski definition) is 7. The van der Waals surface area contributed by atoms with Crippen LogP contribution in [-0.4, -0.2) is 29.0 Å². The molecule has 0 aliphatic heterocycles. The molecule has 0 aliphatic carbocycles. The van der Waals surface area contributed by atoms with Crippen LogP contribution in [0.3, 0.4) is 0 Å². The largest absolute Gasteiger partial charge is 0.493 e. The van der Waals surface area contributed by atoms with E-state index in [0.29, 0.717) is 23.0 Å². The van der Waals surface area contributed by atoms with Gasteiger partial charge in [-0.15, -0.1) is 0 Å². The molecule has 0 bridgehead atoms. The zero-order chi connectivity index (χ0) is 22.2. The van der Waals surface area contributed by atoms with E-state index < -0.39 is 5.97 Å². The summed E-state index contributed by atoms with van der Waals surface area (Å²) in [7, 11) is 1.48. The van der Waals surface area contributed by atoms with Crippen molar-refractivity contribution in [2.75, 3.05) is 17.7 Å². The van der Waals surface area contributed by atoms with Crippen molar-refractivity contribution >= 4 is 35.1 Å². The van der Waals surface area contributed by atoms with Crippen LogP contribution in [0.15, 0.2) is 60.9 Å². The first-order valence-electron chi connectivity index (χ1n) is 9.44. The van der Waals surface area contributed by atoms with E-state index in [1.54, 1.807) is 36.4 Å². The Morgan fingerprint density at radius 1 is 0.968 bits per heavy atom. The minimum absolute atomic E-state index is 0.282. The van der Waals surface area contributed by atoms with Gasteiger partial charge in [-0.3, -0.25) is 9.59 Å². The maximum absolute atomic E-state index is 12.2. The van der Waals surface area contributed by atoms with Crippen LogP contribution in [0.2, 0.25) is 0 Å². The molecule has 0 atom stereocenters. The number of amides is 1. The molecule has 0 aliphatic rings. The number of rotatable bonds is 7. The Hall–Kier alpha value is -4.20. The van der Waals surface area contributed by atoms with E-state index in [1.807, 2.05) is 25.1 Å². The van der Waals surface area contributed by atoms with Crippen LogP contribution in [0.25, 0.3) is 6.08 Å². The Balaban J connectivity index is 1.60. The number of nitrogens with one attached hydrogen (secondary N) is 2. The number of aromatic nitrogens is 2. The first kappa shape index (κ1) is 21.5. The van der Waals surface area contributed by atoms with Crippen LogP contribution in [0, 0.1) is 6.92 Å². The fourth-order valence-corrected chi connectivity index (χ4v) is 2.69. The van der Waals surface area contributed by atoms with Crippen LogP contribution in [0.1, 0.15) is 18.2 Å². The summed E-state index contributed by atoms with van der Waals surface area (Å²) in [6.07, 6.45) is 4.55.